The lowest BCUT2D eigenvalue weighted by molar-refractivity contribution is -0.130. The highest BCUT2D eigenvalue weighted by Gasteiger charge is 2.38. The second-order valence-corrected chi connectivity index (χ2v) is 7.14. The highest BCUT2D eigenvalue weighted by Crippen LogP contribution is 2.32. The number of carbonyl (C=O) groups excluding carboxylic acids is 2. The van der Waals surface area contributed by atoms with Crippen molar-refractivity contribution in [1.29, 1.82) is 0 Å². The van der Waals surface area contributed by atoms with Crippen molar-refractivity contribution in [1.82, 2.24) is 10.2 Å². The van der Waals surface area contributed by atoms with Gasteiger partial charge < -0.3 is 19.7 Å². The van der Waals surface area contributed by atoms with E-state index < -0.39 is 0 Å². The topological polar surface area (TPSA) is 67.9 Å². The first kappa shape index (κ1) is 16.2. The van der Waals surface area contributed by atoms with Crippen LogP contribution in [0.3, 0.4) is 0 Å². The molecule has 0 spiro atoms. The van der Waals surface area contributed by atoms with E-state index in [0.717, 1.165) is 24.2 Å². The normalized spacial score (nSPS) is 23.1. The zero-order chi connectivity index (χ0) is 17.2. The third-order valence-electron chi connectivity index (χ3n) is 5.45. The Morgan fingerprint density at radius 2 is 1.96 bits per heavy atom. The molecular formula is C19H24N2O4. The Morgan fingerprint density at radius 3 is 2.80 bits per heavy atom. The average Bonchev–Trinajstić information content (AvgIpc) is 3.26. The minimum absolute atomic E-state index is 0.0377. The molecule has 1 saturated heterocycles. The van der Waals surface area contributed by atoms with Crippen molar-refractivity contribution >= 4 is 11.8 Å². The highest BCUT2D eigenvalue weighted by molar-refractivity contribution is 5.89. The molecule has 1 aromatic rings. The molecule has 1 unspecified atom stereocenters. The Morgan fingerprint density at radius 1 is 1.16 bits per heavy atom. The Bertz CT molecular complexity index is 669. The zero-order valence-corrected chi connectivity index (χ0v) is 14.3. The zero-order valence-electron chi connectivity index (χ0n) is 14.3. The Labute approximate surface area is 147 Å². The van der Waals surface area contributed by atoms with Crippen LogP contribution in [0.4, 0.5) is 0 Å². The number of benzene rings is 1. The molecule has 1 saturated carbocycles. The van der Waals surface area contributed by atoms with Gasteiger partial charge in [-0.25, -0.2) is 0 Å². The molecule has 1 N–H and O–H groups in total. The smallest absolute Gasteiger partial charge is 0.231 e. The van der Waals surface area contributed by atoms with Gasteiger partial charge in [0, 0.05) is 25.6 Å². The van der Waals surface area contributed by atoms with Crippen molar-refractivity contribution in [2.75, 3.05) is 13.3 Å². The number of hydrogen-bond donors (Lipinski definition) is 1. The van der Waals surface area contributed by atoms with Crippen LogP contribution >= 0.6 is 0 Å². The van der Waals surface area contributed by atoms with Gasteiger partial charge in [0.25, 0.3) is 0 Å². The number of carbonyl (C=O) groups is 2. The summed E-state index contributed by atoms with van der Waals surface area (Å²) < 4.78 is 10.6. The van der Waals surface area contributed by atoms with E-state index in [1.54, 1.807) is 0 Å². The molecule has 0 radical (unpaired) electrons. The Balaban J connectivity index is 1.31. The molecule has 1 atom stereocenters. The highest BCUT2D eigenvalue weighted by atomic mass is 16.7. The predicted octanol–water partition coefficient (Wildman–Crippen LogP) is 2.21. The summed E-state index contributed by atoms with van der Waals surface area (Å²) in [6, 6.07) is 6.00. The van der Waals surface area contributed by atoms with Gasteiger partial charge in [0.05, 0.1) is 5.92 Å². The summed E-state index contributed by atoms with van der Waals surface area (Å²) in [6.45, 7) is 1.24. The van der Waals surface area contributed by atoms with Gasteiger partial charge in [0.15, 0.2) is 11.5 Å². The first-order valence-corrected chi connectivity index (χ1v) is 9.16. The maximum absolute atomic E-state index is 12.5. The molecule has 6 heteroatoms. The van der Waals surface area contributed by atoms with Crippen molar-refractivity contribution in [3.05, 3.63) is 23.8 Å². The average molecular weight is 344 g/mol. The van der Waals surface area contributed by atoms with Crippen LogP contribution in [0.1, 0.15) is 44.1 Å². The van der Waals surface area contributed by atoms with E-state index in [1.165, 1.54) is 19.3 Å². The van der Waals surface area contributed by atoms with Crippen LogP contribution in [0.25, 0.3) is 0 Å². The van der Waals surface area contributed by atoms with E-state index in [1.807, 2.05) is 23.1 Å². The van der Waals surface area contributed by atoms with E-state index >= 15 is 0 Å². The molecular weight excluding hydrogens is 320 g/mol. The van der Waals surface area contributed by atoms with E-state index in [0.29, 0.717) is 31.3 Å². The molecule has 1 aliphatic carbocycles. The molecule has 2 heterocycles. The molecule has 2 aliphatic heterocycles. The minimum Gasteiger partial charge on any atom is -0.454 e. The SMILES string of the molecule is O=C(NCc1ccc2c(c1)OCO2)C1CC(=O)N(C2CCCCC2)C1. The number of amides is 2. The minimum atomic E-state index is -0.233. The molecule has 0 bridgehead atoms. The van der Waals surface area contributed by atoms with Gasteiger partial charge in [0.2, 0.25) is 18.6 Å². The molecule has 3 aliphatic rings. The fourth-order valence-electron chi connectivity index (χ4n) is 4.04. The van der Waals surface area contributed by atoms with Crippen LogP contribution in [0.5, 0.6) is 11.5 Å². The monoisotopic (exact) mass is 344 g/mol. The number of ether oxygens (including phenoxy) is 2. The third-order valence-corrected chi connectivity index (χ3v) is 5.45. The summed E-state index contributed by atoms with van der Waals surface area (Å²) >= 11 is 0. The Hall–Kier alpha value is -2.24. The molecule has 2 fully saturated rings. The number of hydrogen-bond acceptors (Lipinski definition) is 4. The van der Waals surface area contributed by atoms with E-state index in [-0.39, 0.29) is 24.5 Å². The number of rotatable bonds is 4. The Kier molecular flexibility index (Phi) is 4.51. The number of likely N-dealkylation sites (tertiary alicyclic amines) is 1. The van der Waals surface area contributed by atoms with Crippen LogP contribution in [-0.4, -0.2) is 36.1 Å². The predicted molar refractivity (Wildman–Crippen MR) is 91.1 cm³/mol. The molecule has 2 amide bonds. The maximum atomic E-state index is 12.5. The molecule has 1 aromatic carbocycles. The lowest BCUT2D eigenvalue weighted by Gasteiger charge is -2.31. The summed E-state index contributed by atoms with van der Waals surface area (Å²) in [7, 11) is 0. The van der Waals surface area contributed by atoms with Crippen molar-refractivity contribution in [2.45, 2.75) is 51.1 Å². The lowest BCUT2D eigenvalue weighted by atomic mass is 9.94. The molecule has 4 rings (SSSR count). The van der Waals surface area contributed by atoms with E-state index in [9.17, 15) is 9.59 Å². The first-order chi connectivity index (χ1) is 12.2. The van der Waals surface area contributed by atoms with Crippen molar-refractivity contribution in [3.63, 3.8) is 0 Å². The van der Waals surface area contributed by atoms with Crippen molar-refractivity contribution < 1.29 is 19.1 Å². The van der Waals surface area contributed by atoms with E-state index in [2.05, 4.69) is 5.32 Å². The number of nitrogens with one attached hydrogen (secondary N) is 1. The van der Waals surface area contributed by atoms with Crippen LogP contribution in [0.2, 0.25) is 0 Å². The summed E-state index contributed by atoms with van der Waals surface area (Å²) in [4.78, 5) is 26.7. The second kappa shape index (κ2) is 6.94. The largest absolute Gasteiger partial charge is 0.454 e. The number of fused-ring (bicyclic) bond motifs is 1. The summed E-state index contributed by atoms with van der Waals surface area (Å²) in [5.41, 5.74) is 0.964. The van der Waals surface area contributed by atoms with Gasteiger partial charge in [-0.3, -0.25) is 9.59 Å². The molecule has 6 nitrogen and oxygen atoms in total. The fourth-order valence-corrected chi connectivity index (χ4v) is 4.04. The molecule has 134 valence electrons. The van der Waals surface area contributed by atoms with E-state index in [4.69, 9.17) is 9.47 Å². The van der Waals surface area contributed by atoms with Gasteiger partial charge in [0.1, 0.15) is 0 Å². The molecule has 25 heavy (non-hydrogen) atoms. The van der Waals surface area contributed by atoms with Crippen LogP contribution in [0, 0.1) is 5.92 Å². The van der Waals surface area contributed by atoms with Crippen LogP contribution < -0.4 is 14.8 Å². The summed E-state index contributed by atoms with van der Waals surface area (Å²) in [5.74, 6) is 1.31. The molecule has 0 aromatic heterocycles. The quantitative estimate of drug-likeness (QED) is 0.909. The van der Waals surface area contributed by atoms with Crippen molar-refractivity contribution in [3.8, 4) is 11.5 Å². The van der Waals surface area contributed by atoms with Crippen LogP contribution in [-0.2, 0) is 16.1 Å². The van der Waals surface area contributed by atoms with Gasteiger partial charge in [-0.1, -0.05) is 25.3 Å². The summed E-state index contributed by atoms with van der Waals surface area (Å²) in [6.07, 6.45) is 6.14. The fraction of sp³-hybridized carbons (Fsp3) is 0.579. The van der Waals surface area contributed by atoms with Crippen LogP contribution in [0.15, 0.2) is 18.2 Å². The van der Waals surface area contributed by atoms with Crippen molar-refractivity contribution in [2.24, 2.45) is 5.92 Å². The third kappa shape index (κ3) is 3.43. The standard InChI is InChI=1S/C19H24N2O4/c22-18-9-14(11-21(18)15-4-2-1-3-5-15)19(23)20-10-13-6-7-16-17(8-13)25-12-24-16/h6-8,14-15H,1-5,9-12H2,(H,20,23). The van der Waals surface area contributed by atoms with Gasteiger partial charge in [-0.05, 0) is 30.5 Å². The second-order valence-electron chi connectivity index (χ2n) is 7.14. The van der Waals surface area contributed by atoms with Gasteiger partial charge in [-0.15, -0.1) is 0 Å². The lowest BCUT2D eigenvalue weighted by Crippen LogP contribution is -2.39. The number of nitrogens with zero attached hydrogens (tertiary/aromatic N) is 1. The first-order valence-electron chi connectivity index (χ1n) is 9.16. The van der Waals surface area contributed by atoms with Gasteiger partial charge >= 0.3 is 0 Å². The van der Waals surface area contributed by atoms with Gasteiger partial charge in [-0.2, -0.15) is 0 Å². The summed E-state index contributed by atoms with van der Waals surface area (Å²) in [5, 5.41) is 2.96. The maximum Gasteiger partial charge on any atom is 0.231 e.